The van der Waals surface area contributed by atoms with Crippen molar-refractivity contribution in [2.45, 2.75) is 25.8 Å². The first-order valence-electron chi connectivity index (χ1n) is 10.9. The zero-order valence-corrected chi connectivity index (χ0v) is 19.2. The number of piperidine rings is 1. The molecule has 0 aliphatic carbocycles. The lowest BCUT2D eigenvalue weighted by molar-refractivity contribution is -0.121. The number of aryl methyl sites for hydroxylation is 2. The second-order valence-electron chi connectivity index (χ2n) is 7.97. The minimum Gasteiger partial charge on any atom is -0.496 e. The lowest BCUT2D eigenvalue weighted by Gasteiger charge is -2.31. The normalized spacial score (nSPS) is 14.2. The predicted molar refractivity (Wildman–Crippen MR) is 125 cm³/mol. The Hall–Kier alpha value is -3.39. The third kappa shape index (κ3) is 5.70. The van der Waals surface area contributed by atoms with Gasteiger partial charge >= 0.3 is 0 Å². The van der Waals surface area contributed by atoms with E-state index in [1.165, 1.54) is 12.7 Å². The van der Waals surface area contributed by atoms with Crippen LogP contribution in [-0.2, 0) is 17.8 Å². The number of amides is 2. The van der Waals surface area contributed by atoms with Crippen LogP contribution in [0.25, 0.3) is 0 Å². The molecule has 3 heterocycles. The lowest BCUT2D eigenvalue weighted by atomic mass is 9.95. The lowest BCUT2D eigenvalue weighted by Crippen LogP contribution is -2.41. The highest BCUT2D eigenvalue weighted by molar-refractivity contribution is 6.31. The summed E-state index contributed by atoms with van der Waals surface area (Å²) in [7, 11) is 1.52. The monoisotopic (exact) mass is 467 g/mol. The predicted octanol–water partition coefficient (Wildman–Crippen LogP) is 3.67. The van der Waals surface area contributed by atoms with Crippen LogP contribution in [0.2, 0.25) is 5.02 Å². The second kappa shape index (κ2) is 10.5. The molecule has 0 atom stereocenters. The Bertz CT molecular complexity index is 1110. The first-order chi connectivity index (χ1) is 16.0. The van der Waals surface area contributed by atoms with E-state index in [1.807, 2.05) is 23.0 Å². The van der Waals surface area contributed by atoms with E-state index < -0.39 is 0 Å². The van der Waals surface area contributed by atoms with E-state index in [2.05, 4.69) is 15.4 Å². The Labute approximate surface area is 197 Å². The van der Waals surface area contributed by atoms with Crippen LogP contribution in [0.4, 0.5) is 5.82 Å². The summed E-state index contributed by atoms with van der Waals surface area (Å²) in [5.41, 5.74) is 1.62. The summed E-state index contributed by atoms with van der Waals surface area (Å²) in [6.45, 7) is 1.70. The zero-order valence-electron chi connectivity index (χ0n) is 18.4. The number of hydrogen-bond acceptors (Lipinski definition) is 5. The van der Waals surface area contributed by atoms with Gasteiger partial charge in [0.1, 0.15) is 5.75 Å². The Morgan fingerprint density at radius 2 is 1.91 bits per heavy atom. The van der Waals surface area contributed by atoms with E-state index in [1.54, 1.807) is 41.6 Å². The molecule has 1 fully saturated rings. The smallest absolute Gasteiger partial charge is 0.257 e. The molecule has 0 unspecified atom stereocenters. The van der Waals surface area contributed by atoms with Crippen molar-refractivity contribution in [3.63, 3.8) is 0 Å². The topological polar surface area (TPSA) is 89.4 Å². The van der Waals surface area contributed by atoms with E-state index in [4.69, 9.17) is 16.3 Å². The summed E-state index contributed by atoms with van der Waals surface area (Å²) in [6, 6.07) is 10.7. The average Bonchev–Trinajstić information content (AvgIpc) is 3.30. The molecule has 172 valence electrons. The molecule has 4 rings (SSSR count). The number of nitrogens with zero attached hydrogens (tertiary/aromatic N) is 4. The SMILES string of the molecule is COc1ccc(Cl)cc1C(=O)N1CCC(C(=O)Nc2ccn(CCc3ccncc3)n2)CC1. The zero-order chi connectivity index (χ0) is 23.2. The minimum absolute atomic E-state index is 0.0678. The highest BCUT2D eigenvalue weighted by atomic mass is 35.5. The van der Waals surface area contributed by atoms with Crippen molar-refractivity contribution in [3.05, 3.63) is 71.1 Å². The molecule has 8 nitrogen and oxygen atoms in total. The van der Waals surface area contributed by atoms with Crippen molar-refractivity contribution in [1.82, 2.24) is 19.7 Å². The Kier molecular flexibility index (Phi) is 7.24. The van der Waals surface area contributed by atoms with Crippen LogP contribution < -0.4 is 10.1 Å². The maximum atomic E-state index is 12.9. The molecule has 1 N–H and O–H groups in total. The quantitative estimate of drug-likeness (QED) is 0.572. The standard InChI is InChI=1S/C24H26ClN5O3/c1-33-21-3-2-19(25)16-20(21)24(32)29-12-7-18(8-13-29)23(31)27-22-9-15-30(28-22)14-6-17-4-10-26-11-5-17/h2-5,9-11,15-16,18H,6-8,12-14H2,1H3,(H,27,28,31). The summed E-state index contributed by atoms with van der Waals surface area (Å²) in [4.78, 5) is 31.4. The number of aromatic nitrogens is 3. The summed E-state index contributed by atoms with van der Waals surface area (Å²) in [6.07, 6.45) is 7.41. The van der Waals surface area contributed by atoms with Crippen LogP contribution in [0.1, 0.15) is 28.8 Å². The second-order valence-corrected chi connectivity index (χ2v) is 8.41. The first-order valence-corrected chi connectivity index (χ1v) is 11.3. The molecule has 9 heteroatoms. The largest absolute Gasteiger partial charge is 0.496 e. The van der Waals surface area contributed by atoms with Crippen LogP contribution in [0, 0.1) is 5.92 Å². The van der Waals surface area contributed by atoms with Crippen LogP contribution in [-0.4, -0.2) is 51.7 Å². The fraction of sp³-hybridized carbons (Fsp3) is 0.333. The molecule has 3 aromatic rings. The van der Waals surface area contributed by atoms with E-state index in [-0.39, 0.29) is 17.7 Å². The molecule has 1 aromatic carbocycles. The van der Waals surface area contributed by atoms with Gasteiger partial charge in [0.2, 0.25) is 5.91 Å². The summed E-state index contributed by atoms with van der Waals surface area (Å²) in [5.74, 6) is 0.654. The third-order valence-electron chi connectivity index (χ3n) is 5.82. The number of carbonyl (C=O) groups excluding carboxylic acids is 2. The maximum Gasteiger partial charge on any atom is 0.257 e. The van der Waals surface area contributed by atoms with Crippen molar-refractivity contribution in [1.29, 1.82) is 0 Å². The Balaban J connectivity index is 1.28. The summed E-state index contributed by atoms with van der Waals surface area (Å²) in [5, 5.41) is 7.84. The number of carbonyl (C=O) groups is 2. The van der Waals surface area contributed by atoms with Crippen molar-refractivity contribution >= 4 is 29.2 Å². The molecular formula is C24H26ClN5O3. The van der Waals surface area contributed by atoms with Gasteiger partial charge in [-0.1, -0.05) is 11.6 Å². The molecule has 1 aliphatic rings. The number of nitrogens with one attached hydrogen (secondary N) is 1. The number of pyridine rings is 1. The van der Waals surface area contributed by atoms with Gasteiger partial charge in [-0.05, 0) is 55.2 Å². The van der Waals surface area contributed by atoms with Gasteiger partial charge in [-0.2, -0.15) is 5.10 Å². The van der Waals surface area contributed by atoms with Crippen molar-refractivity contribution in [2.75, 3.05) is 25.5 Å². The maximum absolute atomic E-state index is 12.9. The van der Waals surface area contributed by atoms with Crippen LogP contribution in [0.15, 0.2) is 55.0 Å². The van der Waals surface area contributed by atoms with E-state index in [0.29, 0.717) is 54.6 Å². The van der Waals surface area contributed by atoms with Gasteiger partial charge in [-0.3, -0.25) is 19.3 Å². The van der Waals surface area contributed by atoms with Gasteiger partial charge in [0, 0.05) is 55.2 Å². The van der Waals surface area contributed by atoms with Crippen LogP contribution >= 0.6 is 11.6 Å². The van der Waals surface area contributed by atoms with Crippen molar-refractivity contribution < 1.29 is 14.3 Å². The summed E-state index contributed by atoms with van der Waals surface area (Å²) < 4.78 is 7.12. The molecule has 2 amide bonds. The fourth-order valence-corrected chi connectivity index (χ4v) is 4.11. The Morgan fingerprint density at radius 3 is 2.64 bits per heavy atom. The molecule has 0 spiro atoms. The van der Waals surface area contributed by atoms with Gasteiger partial charge < -0.3 is 15.0 Å². The number of benzene rings is 1. The number of anilines is 1. The van der Waals surface area contributed by atoms with Crippen molar-refractivity contribution in [3.8, 4) is 5.75 Å². The molecule has 0 bridgehead atoms. The average molecular weight is 468 g/mol. The molecule has 2 aromatic heterocycles. The molecule has 1 aliphatic heterocycles. The number of halogens is 1. The molecular weight excluding hydrogens is 442 g/mol. The van der Waals surface area contributed by atoms with Crippen LogP contribution in [0.3, 0.4) is 0 Å². The fourth-order valence-electron chi connectivity index (χ4n) is 3.94. The third-order valence-corrected chi connectivity index (χ3v) is 6.05. The number of likely N-dealkylation sites (tertiary alicyclic amines) is 1. The number of rotatable bonds is 7. The molecule has 0 saturated carbocycles. The minimum atomic E-state index is -0.169. The van der Waals surface area contributed by atoms with Crippen molar-refractivity contribution in [2.24, 2.45) is 5.92 Å². The number of ether oxygens (including phenoxy) is 1. The molecule has 33 heavy (non-hydrogen) atoms. The first kappa shape index (κ1) is 22.8. The number of hydrogen-bond donors (Lipinski definition) is 1. The van der Waals surface area contributed by atoms with Gasteiger partial charge in [-0.15, -0.1) is 0 Å². The number of methoxy groups -OCH3 is 1. The molecule has 1 saturated heterocycles. The highest BCUT2D eigenvalue weighted by Crippen LogP contribution is 2.27. The Morgan fingerprint density at radius 1 is 1.15 bits per heavy atom. The van der Waals surface area contributed by atoms with Gasteiger partial charge in [0.15, 0.2) is 5.82 Å². The van der Waals surface area contributed by atoms with Gasteiger partial charge in [-0.25, -0.2) is 0 Å². The summed E-state index contributed by atoms with van der Waals surface area (Å²) >= 11 is 6.06. The molecule has 0 radical (unpaired) electrons. The van der Waals surface area contributed by atoms with Gasteiger partial charge in [0.05, 0.1) is 12.7 Å². The highest BCUT2D eigenvalue weighted by Gasteiger charge is 2.29. The van der Waals surface area contributed by atoms with E-state index >= 15 is 0 Å². The van der Waals surface area contributed by atoms with Crippen LogP contribution in [0.5, 0.6) is 5.75 Å². The van der Waals surface area contributed by atoms with E-state index in [9.17, 15) is 9.59 Å². The van der Waals surface area contributed by atoms with Gasteiger partial charge in [0.25, 0.3) is 5.91 Å². The van der Waals surface area contributed by atoms with E-state index in [0.717, 1.165) is 6.42 Å².